The first-order valence-corrected chi connectivity index (χ1v) is 14.8. The molecule has 1 aliphatic rings. The monoisotopic (exact) mass is 541 g/mol. The van der Waals surface area contributed by atoms with Crippen LogP contribution >= 0.6 is 6.89 Å². The Morgan fingerprint density at radius 3 is 1.55 bits per heavy atom. The number of nitrogens with two attached hydrogens (primary N) is 1. The van der Waals surface area contributed by atoms with E-state index < -0.39 is 12.5 Å². The van der Waals surface area contributed by atoms with Crippen molar-refractivity contribution in [2.24, 2.45) is 5.84 Å². The first-order chi connectivity index (χ1) is 19.6. The molecule has 0 fully saturated rings. The second-order valence-electron chi connectivity index (χ2n) is 9.60. The number of hydrogen-bond donors (Lipinski definition) is 2. The fourth-order valence-corrected chi connectivity index (χ4v) is 10.3. The van der Waals surface area contributed by atoms with Crippen LogP contribution in [0.5, 0.6) is 0 Å². The van der Waals surface area contributed by atoms with Crippen molar-refractivity contribution in [1.82, 2.24) is 5.01 Å². The van der Waals surface area contributed by atoms with Crippen molar-refractivity contribution in [3.05, 3.63) is 157 Å². The maximum atomic E-state index is 14.0. The van der Waals surface area contributed by atoms with Gasteiger partial charge in [-0.3, -0.25) is 9.59 Å². The summed E-state index contributed by atoms with van der Waals surface area (Å²) in [4.78, 5) is 27.9. The van der Waals surface area contributed by atoms with E-state index in [1.807, 2.05) is 97.1 Å². The number of carbonyl (C=O) groups excluding carboxylic acids is 2. The summed E-state index contributed by atoms with van der Waals surface area (Å²) in [6, 6.07) is 47.0. The average Bonchev–Trinajstić information content (AvgIpc) is 3.03. The minimum absolute atomic E-state index is 0.371. The maximum Gasteiger partial charge on any atom is 0.272 e. The highest BCUT2D eigenvalue weighted by atomic mass is 31.2. The molecule has 1 heterocycles. The Morgan fingerprint density at radius 2 is 1.07 bits per heavy atom. The second-order valence-corrected chi connectivity index (χ2v) is 13.0. The van der Waals surface area contributed by atoms with Crippen LogP contribution in [0, 0.1) is 0 Å². The average molecular weight is 542 g/mol. The zero-order valence-corrected chi connectivity index (χ0v) is 22.6. The van der Waals surface area contributed by atoms with Crippen LogP contribution < -0.4 is 27.1 Å². The lowest BCUT2D eigenvalue weighted by molar-refractivity contribution is -0.103. The number of aldehydes is 1. The van der Waals surface area contributed by atoms with E-state index in [0.29, 0.717) is 22.1 Å². The topological polar surface area (TPSA) is 75.4 Å². The van der Waals surface area contributed by atoms with Gasteiger partial charge in [-0.05, 0) is 34.9 Å². The van der Waals surface area contributed by atoms with E-state index in [-0.39, 0.29) is 5.91 Å². The number of para-hydroxylation sites is 1. The Labute approximate surface area is 233 Å². The van der Waals surface area contributed by atoms with Gasteiger partial charge in [-0.15, -0.1) is 0 Å². The smallest absolute Gasteiger partial charge is 0.272 e. The van der Waals surface area contributed by atoms with Crippen molar-refractivity contribution in [2.75, 3.05) is 5.32 Å². The van der Waals surface area contributed by atoms with Crippen molar-refractivity contribution >= 4 is 46.0 Å². The van der Waals surface area contributed by atoms with Crippen molar-refractivity contribution < 1.29 is 9.59 Å². The van der Waals surface area contributed by atoms with Crippen LogP contribution in [0.3, 0.4) is 0 Å². The Bertz CT molecular complexity index is 1620. The third-order valence-corrected chi connectivity index (χ3v) is 11.9. The molecule has 40 heavy (non-hydrogen) atoms. The lowest BCUT2D eigenvalue weighted by Crippen LogP contribution is -2.66. The molecular weight excluding hydrogens is 513 g/mol. The molecule has 5 aromatic carbocycles. The Morgan fingerprint density at radius 1 is 0.650 bits per heavy atom. The summed E-state index contributed by atoms with van der Waals surface area (Å²) < 4.78 is 0. The summed E-state index contributed by atoms with van der Waals surface area (Å²) >= 11 is 0. The van der Waals surface area contributed by atoms with Crippen LogP contribution in [0.25, 0.3) is 0 Å². The number of nitrogens with one attached hydrogen (secondary N) is 1. The van der Waals surface area contributed by atoms with Gasteiger partial charge in [0.15, 0.2) is 11.9 Å². The van der Waals surface area contributed by atoms with Crippen molar-refractivity contribution in [3.8, 4) is 0 Å². The summed E-state index contributed by atoms with van der Waals surface area (Å²) in [5.74, 6) is 6.50. The number of hydrazine groups is 1. The highest BCUT2D eigenvalue weighted by molar-refractivity contribution is 7.96. The molecule has 0 bridgehead atoms. The van der Waals surface area contributed by atoms with Crippen molar-refractivity contribution in [1.29, 1.82) is 0 Å². The molecule has 1 unspecified atom stereocenters. The van der Waals surface area contributed by atoms with Crippen LogP contribution in [0.4, 0.5) is 5.69 Å². The summed E-state index contributed by atoms with van der Waals surface area (Å²) in [6.07, 6.45) is 0.919. The van der Waals surface area contributed by atoms with Crippen LogP contribution in [-0.4, -0.2) is 22.5 Å². The van der Waals surface area contributed by atoms with Gasteiger partial charge in [0.05, 0.1) is 10.9 Å². The molecule has 0 saturated heterocycles. The first kappa shape index (κ1) is 25.6. The SMILES string of the molecule is NN1C(=O)c2ccccc2NC1(C(C=O)=P(c1ccccc1)(c1ccccc1)c1ccccc1)c1ccccc1. The Hall–Kier alpha value is -4.70. The molecule has 0 radical (unpaired) electrons. The lowest BCUT2D eigenvalue weighted by Gasteiger charge is -2.49. The van der Waals surface area contributed by atoms with Gasteiger partial charge in [0, 0.05) is 11.3 Å². The molecule has 0 saturated carbocycles. The molecule has 6 heteroatoms. The molecule has 1 aliphatic heterocycles. The number of fused-ring (bicyclic) bond motifs is 1. The van der Waals surface area contributed by atoms with Gasteiger partial charge in [0.1, 0.15) is 0 Å². The molecule has 5 nitrogen and oxygen atoms in total. The summed E-state index contributed by atoms with van der Waals surface area (Å²) in [5.41, 5.74) is 0.271. The fourth-order valence-electron chi connectivity index (χ4n) is 5.77. The second kappa shape index (κ2) is 10.5. The quantitative estimate of drug-likeness (QED) is 0.142. The summed E-state index contributed by atoms with van der Waals surface area (Å²) in [5, 5.41) is 8.22. The Kier molecular flexibility index (Phi) is 6.69. The van der Waals surface area contributed by atoms with E-state index in [9.17, 15) is 9.59 Å². The van der Waals surface area contributed by atoms with E-state index in [0.717, 1.165) is 22.2 Å². The number of hydrogen-bond acceptors (Lipinski definition) is 4. The molecule has 3 N–H and O–H groups in total. The van der Waals surface area contributed by atoms with Gasteiger partial charge < -0.3 is 5.32 Å². The molecule has 0 aromatic heterocycles. The van der Waals surface area contributed by atoms with Gasteiger partial charge in [0.25, 0.3) is 5.91 Å². The number of anilines is 1. The molecule has 0 spiro atoms. The van der Waals surface area contributed by atoms with Crippen molar-refractivity contribution in [2.45, 2.75) is 5.66 Å². The van der Waals surface area contributed by atoms with Crippen LogP contribution in [0.2, 0.25) is 0 Å². The lowest BCUT2D eigenvalue weighted by atomic mass is 9.91. The number of amides is 1. The molecule has 6 rings (SSSR count). The Balaban J connectivity index is 1.88. The fraction of sp³-hybridized carbons (Fsp3) is 0.0294. The molecule has 1 atom stereocenters. The normalized spacial score (nSPS) is 16.5. The van der Waals surface area contributed by atoms with E-state index in [4.69, 9.17) is 5.84 Å². The third kappa shape index (κ3) is 3.83. The molecule has 1 amide bonds. The van der Waals surface area contributed by atoms with Crippen LogP contribution in [0.1, 0.15) is 15.9 Å². The number of benzene rings is 5. The number of nitrogens with zero attached hydrogens (tertiary/aromatic N) is 1. The van der Waals surface area contributed by atoms with E-state index >= 15 is 0 Å². The van der Waals surface area contributed by atoms with Crippen LogP contribution in [-0.2, 0) is 10.5 Å². The number of rotatable bonds is 6. The molecular formula is C34H28N3O2P. The minimum atomic E-state index is -2.93. The van der Waals surface area contributed by atoms with Crippen molar-refractivity contribution in [3.63, 3.8) is 0 Å². The predicted molar refractivity (Wildman–Crippen MR) is 165 cm³/mol. The zero-order chi connectivity index (χ0) is 27.6. The van der Waals surface area contributed by atoms with Gasteiger partial charge in [-0.25, -0.2) is 10.9 Å². The van der Waals surface area contributed by atoms with E-state index in [1.165, 1.54) is 5.01 Å². The largest absolute Gasteiger partial charge is 0.353 e. The first-order valence-electron chi connectivity index (χ1n) is 13.0. The van der Waals surface area contributed by atoms with E-state index in [1.54, 1.807) is 12.1 Å². The number of carbonyl (C=O) groups is 2. The van der Waals surface area contributed by atoms with Gasteiger partial charge >= 0.3 is 0 Å². The zero-order valence-electron chi connectivity index (χ0n) is 21.7. The molecule has 196 valence electrons. The maximum absolute atomic E-state index is 14.0. The van der Waals surface area contributed by atoms with Gasteiger partial charge in [0.2, 0.25) is 0 Å². The van der Waals surface area contributed by atoms with Crippen LogP contribution in [0.15, 0.2) is 146 Å². The van der Waals surface area contributed by atoms with E-state index in [2.05, 4.69) is 41.7 Å². The van der Waals surface area contributed by atoms with Gasteiger partial charge in [-0.2, -0.15) is 0 Å². The third-order valence-electron chi connectivity index (χ3n) is 7.52. The summed E-state index contributed by atoms with van der Waals surface area (Å²) in [6.45, 7) is -2.93. The molecule has 0 aliphatic carbocycles. The highest BCUT2D eigenvalue weighted by Gasteiger charge is 2.52. The summed E-state index contributed by atoms with van der Waals surface area (Å²) in [7, 11) is 0. The standard InChI is InChI=1S/C34H28N3O2P/c35-37-33(39)30-23-13-14-24-31(30)36-34(37,26-15-5-1-6-16-26)32(25-38)40(27-17-7-2-8-18-27,28-19-9-3-10-20-28)29-21-11-4-12-22-29/h1-25,36H,35H2. The highest BCUT2D eigenvalue weighted by Crippen LogP contribution is 2.51. The van der Waals surface area contributed by atoms with Gasteiger partial charge in [-0.1, -0.05) is 133 Å². The minimum Gasteiger partial charge on any atom is -0.353 e. The molecule has 5 aromatic rings. The predicted octanol–water partition coefficient (Wildman–Crippen LogP) is 4.65.